The minimum absolute atomic E-state index is 0.214. The van der Waals surface area contributed by atoms with Gasteiger partial charge < -0.3 is 19.7 Å². The zero-order valence-corrected chi connectivity index (χ0v) is 11.2. The highest BCUT2D eigenvalue weighted by atomic mass is 16.5. The highest BCUT2D eigenvalue weighted by Gasteiger charge is 2.25. The van der Waals surface area contributed by atoms with Crippen molar-refractivity contribution >= 4 is 18.0 Å². The van der Waals surface area contributed by atoms with E-state index in [1.807, 2.05) is 6.92 Å². The van der Waals surface area contributed by atoms with Crippen LogP contribution in [0.1, 0.15) is 20.3 Å². The molecule has 104 valence electrons. The topological polar surface area (TPSA) is 84.9 Å². The Bertz CT molecular complexity index is 306. The highest BCUT2D eigenvalue weighted by Crippen LogP contribution is 2.03. The molecule has 1 unspecified atom stereocenters. The normalized spacial score (nSPS) is 11.3. The number of carbonyl (C=O) groups excluding carboxylic acids is 3. The van der Waals surface area contributed by atoms with Gasteiger partial charge in [0.05, 0.1) is 14.2 Å². The molecule has 7 heteroatoms. The standard InChI is InChI=1S/C11H20N2O5/c1-5-6-13(8(2)10(15)17-3)9(14)7-12-11(16)18-4/h8H,5-7H2,1-4H3,(H,12,16). The summed E-state index contributed by atoms with van der Waals surface area (Å²) in [5.41, 5.74) is 0. The highest BCUT2D eigenvalue weighted by molar-refractivity contribution is 5.87. The Kier molecular flexibility index (Phi) is 7.50. The summed E-state index contributed by atoms with van der Waals surface area (Å²) < 4.78 is 8.95. The first-order valence-electron chi connectivity index (χ1n) is 5.67. The van der Waals surface area contributed by atoms with E-state index in [0.717, 1.165) is 0 Å². The van der Waals surface area contributed by atoms with Crippen molar-refractivity contribution in [3.63, 3.8) is 0 Å². The maximum Gasteiger partial charge on any atom is 0.407 e. The lowest BCUT2D eigenvalue weighted by Gasteiger charge is -2.27. The van der Waals surface area contributed by atoms with Crippen LogP contribution >= 0.6 is 0 Å². The summed E-state index contributed by atoms with van der Waals surface area (Å²) in [5.74, 6) is -0.852. The molecule has 18 heavy (non-hydrogen) atoms. The van der Waals surface area contributed by atoms with E-state index < -0.39 is 18.1 Å². The number of rotatable bonds is 6. The third-order valence-electron chi connectivity index (χ3n) is 2.36. The molecule has 0 aliphatic carbocycles. The molecule has 7 nitrogen and oxygen atoms in total. The van der Waals surface area contributed by atoms with E-state index in [-0.39, 0.29) is 12.5 Å². The van der Waals surface area contributed by atoms with Crippen molar-refractivity contribution in [2.75, 3.05) is 27.3 Å². The van der Waals surface area contributed by atoms with Crippen molar-refractivity contribution in [3.8, 4) is 0 Å². The number of methoxy groups -OCH3 is 2. The predicted octanol–water partition coefficient (Wildman–Crippen LogP) is 0.143. The molecule has 0 heterocycles. The molecular weight excluding hydrogens is 240 g/mol. The number of esters is 1. The number of hydrogen-bond acceptors (Lipinski definition) is 5. The van der Waals surface area contributed by atoms with E-state index >= 15 is 0 Å². The molecule has 1 N–H and O–H groups in total. The molecular formula is C11H20N2O5. The van der Waals surface area contributed by atoms with E-state index in [4.69, 9.17) is 0 Å². The molecule has 0 radical (unpaired) electrons. The van der Waals surface area contributed by atoms with Crippen molar-refractivity contribution < 1.29 is 23.9 Å². The zero-order valence-electron chi connectivity index (χ0n) is 11.2. The first-order chi connectivity index (χ1) is 8.47. The molecule has 1 atom stereocenters. The molecule has 2 amide bonds. The molecule has 0 fully saturated rings. The second-order valence-corrected chi connectivity index (χ2v) is 3.63. The van der Waals surface area contributed by atoms with E-state index in [2.05, 4.69) is 14.8 Å². The van der Waals surface area contributed by atoms with Gasteiger partial charge in [-0.25, -0.2) is 9.59 Å². The fourth-order valence-corrected chi connectivity index (χ4v) is 1.39. The van der Waals surface area contributed by atoms with Crippen molar-refractivity contribution in [1.82, 2.24) is 10.2 Å². The fourth-order valence-electron chi connectivity index (χ4n) is 1.39. The minimum Gasteiger partial charge on any atom is -0.467 e. The second kappa shape index (κ2) is 8.32. The molecule has 0 aromatic heterocycles. The largest absolute Gasteiger partial charge is 0.467 e. The van der Waals surface area contributed by atoms with E-state index in [9.17, 15) is 14.4 Å². The summed E-state index contributed by atoms with van der Waals surface area (Å²) in [4.78, 5) is 35.5. The lowest BCUT2D eigenvalue weighted by molar-refractivity contribution is -0.151. The van der Waals surface area contributed by atoms with Crippen molar-refractivity contribution in [3.05, 3.63) is 0 Å². The minimum atomic E-state index is -0.689. The Hall–Kier alpha value is -1.79. The summed E-state index contributed by atoms with van der Waals surface area (Å²) in [6.45, 7) is 3.67. The first-order valence-corrected chi connectivity index (χ1v) is 5.67. The average molecular weight is 260 g/mol. The van der Waals surface area contributed by atoms with Crippen LogP contribution < -0.4 is 5.32 Å². The molecule has 0 saturated carbocycles. The van der Waals surface area contributed by atoms with E-state index in [0.29, 0.717) is 13.0 Å². The zero-order chi connectivity index (χ0) is 14.1. The smallest absolute Gasteiger partial charge is 0.407 e. The SMILES string of the molecule is CCCN(C(=O)CNC(=O)OC)C(C)C(=O)OC. The van der Waals surface area contributed by atoms with Gasteiger partial charge in [0.1, 0.15) is 12.6 Å². The van der Waals surface area contributed by atoms with Gasteiger partial charge in [0, 0.05) is 6.54 Å². The molecule has 0 aliphatic rings. The molecule has 0 aromatic rings. The summed E-state index contributed by atoms with van der Waals surface area (Å²) in [6, 6.07) is -0.679. The van der Waals surface area contributed by atoms with Crippen LogP contribution in [0.3, 0.4) is 0 Å². The molecule has 0 rings (SSSR count). The van der Waals surface area contributed by atoms with E-state index in [1.54, 1.807) is 6.92 Å². The molecule has 0 bridgehead atoms. The van der Waals surface area contributed by atoms with Crippen molar-refractivity contribution in [2.45, 2.75) is 26.3 Å². The Morgan fingerprint density at radius 3 is 2.28 bits per heavy atom. The lowest BCUT2D eigenvalue weighted by Crippen LogP contribution is -2.48. The van der Waals surface area contributed by atoms with Gasteiger partial charge in [-0.2, -0.15) is 0 Å². The maximum atomic E-state index is 11.9. The van der Waals surface area contributed by atoms with Crippen LogP contribution in [0.4, 0.5) is 4.79 Å². The van der Waals surface area contributed by atoms with Gasteiger partial charge in [-0.1, -0.05) is 6.92 Å². The van der Waals surface area contributed by atoms with Crippen molar-refractivity contribution in [1.29, 1.82) is 0 Å². The van der Waals surface area contributed by atoms with Crippen molar-refractivity contribution in [2.24, 2.45) is 0 Å². The third kappa shape index (κ3) is 5.03. The third-order valence-corrected chi connectivity index (χ3v) is 2.36. The predicted molar refractivity (Wildman–Crippen MR) is 63.9 cm³/mol. The summed E-state index contributed by atoms with van der Waals surface area (Å²) in [6.07, 6.45) is 0.0104. The van der Waals surface area contributed by atoms with Gasteiger partial charge in [0.25, 0.3) is 0 Å². The quantitative estimate of drug-likeness (QED) is 0.687. The van der Waals surface area contributed by atoms with Crippen LogP contribution in [0.2, 0.25) is 0 Å². The van der Waals surface area contributed by atoms with Gasteiger partial charge >= 0.3 is 12.1 Å². The molecule has 0 aliphatic heterocycles. The van der Waals surface area contributed by atoms with Gasteiger partial charge in [0.15, 0.2) is 0 Å². The van der Waals surface area contributed by atoms with Crippen LogP contribution in [-0.4, -0.2) is 56.2 Å². The van der Waals surface area contributed by atoms with Gasteiger partial charge in [-0.15, -0.1) is 0 Å². The fraction of sp³-hybridized carbons (Fsp3) is 0.727. The second-order valence-electron chi connectivity index (χ2n) is 3.63. The molecule has 0 saturated heterocycles. The van der Waals surface area contributed by atoms with Gasteiger partial charge in [-0.3, -0.25) is 4.79 Å². The Labute approximate surface area is 106 Å². The lowest BCUT2D eigenvalue weighted by atomic mass is 10.2. The Balaban J connectivity index is 4.53. The number of nitrogens with one attached hydrogen (secondary N) is 1. The number of amides is 2. The summed E-state index contributed by atoms with van der Waals surface area (Å²) in [7, 11) is 2.47. The van der Waals surface area contributed by atoms with Crippen LogP contribution in [-0.2, 0) is 19.1 Å². The number of hydrogen-bond donors (Lipinski definition) is 1. The van der Waals surface area contributed by atoms with Gasteiger partial charge in [0.2, 0.25) is 5.91 Å². The molecule has 0 spiro atoms. The monoisotopic (exact) mass is 260 g/mol. The van der Waals surface area contributed by atoms with E-state index in [1.165, 1.54) is 19.1 Å². The van der Waals surface area contributed by atoms with Gasteiger partial charge in [-0.05, 0) is 13.3 Å². The number of carbonyl (C=O) groups is 3. The Morgan fingerprint density at radius 2 is 1.83 bits per heavy atom. The molecule has 0 aromatic carbocycles. The average Bonchev–Trinajstić information content (AvgIpc) is 2.39. The number of ether oxygens (including phenoxy) is 2. The van der Waals surface area contributed by atoms with Crippen LogP contribution in [0.15, 0.2) is 0 Å². The Morgan fingerprint density at radius 1 is 1.22 bits per heavy atom. The summed E-state index contributed by atoms with van der Waals surface area (Å²) in [5, 5.41) is 2.28. The maximum absolute atomic E-state index is 11.9. The first kappa shape index (κ1) is 16.2. The number of nitrogens with zero attached hydrogens (tertiary/aromatic N) is 1. The van der Waals surface area contributed by atoms with Crippen LogP contribution in [0, 0.1) is 0 Å². The summed E-state index contributed by atoms with van der Waals surface area (Å²) >= 11 is 0. The van der Waals surface area contributed by atoms with Crippen LogP contribution in [0.5, 0.6) is 0 Å². The number of alkyl carbamates (subject to hydrolysis) is 1. The van der Waals surface area contributed by atoms with Crippen LogP contribution in [0.25, 0.3) is 0 Å².